The summed E-state index contributed by atoms with van der Waals surface area (Å²) in [7, 11) is 2.11. The smallest absolute Gasteiger partial charge is 0.0526 e. The van der Waals surface area contributed by atoms with Crippen LogP contribution in [0.2, 0.25) is 0 Å². The van der Waals surface area contributed by atoms with Crippen LogP contribution in [0, 0.1) is 0 Å². The molecular formula is C9H21NO. The lowest BCUT2D eigenvalue weighted by Crippen LogP contribution is -2.32. The summed E-state index contributed by atoms with van der Waals surface area (Å²) in [5.41, 5.74) is 0. The summed E-state index contributed by atoms with van der Waals surface area (Å²) >= 11 is 0. The van der Waals surface area contributed by atoms with Crippen LogP contribution in [0.5, 0.6) is 0 Å². The normalized spacial score (nSPS) is 16.9. The molecule has 0 rings (SSSR count). The van der Waals surface area contributed by atoms with Gasteiger partial charge in [0.25, 0.3) is 0 Å². The Bertz CT molecular complexity index is 93.6. The second-order valence-electron chi connectivity index (χ2n) is 3.41. The molecule has 0 saturated carbocycles. The first kappa shape index (κ1) is 10.9. The van der Waals surface area contributed by atoms with Gasteiger partial charge in [-0.2, -0.15) is 0 Å². The molecule has 68 valence electrons. The topological polar surface area (TPSA) is 23.5 Å². The van der Waals surface area contributed by atoms with Crippen molar-refractivity contribution in [3.63, 3.8) is 0 Å². The molecule has 11 heavy (non-hydrogen) atoms. The van der Waals surface area contributed by atoms with Gasteiger partial charge < -0.3 is 10.0 Å². The van der Waals surface area contributed by atoms with Crippen LogP contribution in [0.3, 0.4) is 0 Å². The Morgan fingerprint density at radius 1 is 1.36 bits per heavy atom. The van der Waals surface area contributed by atoms with Crippen molar-refractivity contribution in [1.82, 2.24) is 4.90 Å². The first-order valence-electron chi connectivity index (χ1n) is 4.46. The summed E-state index contributed by atoms with van der Waals surface area (Å²) in [6.45, 7) is 7.29. The van der Waals surface area contributed by atoms with Crippen molar-refractivity contribution in [2.24, 2.45) is 0 Å². The molecule has 2 heteroatoms. The highest BCUT2D eigenvalue weighted by molar-refractivity contribution is 4.65. The van der Waals surface area contributed by atoms with Crippen LogP contribution >= 0.6 is 0 Å². The van der Waals surface area contributed by atoms with E-state index in [0.29, 0.717) is 6.04 Å². The molecule has 0 amide bonds. The van der Waals surface area contributed by atoms with Crippen molar-refractivity contribution in [3.8, 4) is 0 Å². The number of aliphatic hydroxyl groups excluding tert-OH is 1. The zero-order valence-electron chi connectivity index (χ0n) is 8.17. The van der Waals surface area contributed by atoms with Crippen LogP contribution in [-0.2, 0) is 0 Å². The van der Waals surface area contributed by atoms with E-state index in [9.17, 15) is 0 Å². The molecule has 0 saturated heterocycles. The van der Waals surface area contributed by atoms with Gasteiger partial charge in [0.2, 0.25) is 0 Å². The highest BCUT2D eigenvalue weighted by Gasteiger charge is 2.09. The lowest BCUT2D eigenvalue weighted by atomic mass is 10.1. The van der Waals surface area contributed by atoms with E-state index in [-0.39, 0.29) is 6.10 Å². The zero-order chi connectivity index (χ0) is 8.85. The molecule has 2 atom stereocenters. The maximum atomic E-state index is 9.11. The van der Waals surface area contributed by atoms with E-state index in [1.54, 1.807) is 0 Å². The Hall–Kier alpha value is -0.0800. The summed E-state index contributed by atoms with van der Waals surface area (Å²) in [6, 6.07) is 0.495. The lowest BCUT2D eigenvalue weighted by molar-refractivity contribution is 0.134. The molecule has 0 aromatic carbocycles. The van der Waals surface area contributed by atoms with Gasteiger partial charge in [-0.15, -0.1) is 0 Å². The summed E-state index contributed by atoms with van der Waals surface area (Å²) in [4.78, 5) is 2.28. The van der Waals surface area contributed by atoms with Gasteiger partial charge in [-0.05, 0) is 40.3 Å². The van der Waals surface area contributed by atoms with Gasteiger partial charge in [0, 0.05) is 6.04 Å². The summed E-state index contributed by atoms with van der Waals surface area (Å²) in [5.74, 6) is 0. The molecule has 2 unspecified atom stereocenters. The highest BCUT2D eigenvalue weighted by Crippen LogP contribution is 2.04. The Balaban J connectivity index is 3.54. The number of nitrogens with zero attached hydrogens (tertiary/aromatic N) is 1. The van der Waals surface area contributed by atoms with Crippen molar-refractivity contribution in [2.75, 3.05) is 13.6 Å². The van der Waals surface area contributed by atoms with Gasteiger partial charge in [-0.25, -0.2) is 0 Å². The number of rotatable bonds is 5. The van der Waals surface area contributed by atoms with Crippen LogP contribution in [0.15, 0.2) is 0 Å². The molecule has 0 heterocycles. The van der Waals surface area contributed by atoms with Gasteiger partial charge >= 0.3 is 0 Å². The minimum Gasteiger partial charge on any atom is -0.393 e. The second-order valence-corrected chi connectivity index (χ2v) is 3.41. The molecule has 0 aliphatic rings. The van der Waals surface area contributed by atoms with Crippen LogP contribution < -0.4 is 0 Å². The Kier molecular flexibility index (Phi) is 5.51. The van der Waals surface area contributed by atoms with Crippen molar-refractivity contribution in [1.29, 1.82) is 0 Å². The van der Waals surface area contributed by atoms with Crippen molar-refractivity contribution in [3.05, 3.63) is 0 Å². The van der Waals surface area contributed by atoms with Crippen molar-refractivity contribution >= 4 is 0 Å². The number of aliphatic hydroxyl groups is 1. The minimum absolute atomic E-state index is 0.177. The predicted molar refractivity (Wildman–Crippen MR) is 48.7 cm³/mol. The highest BCUT2D eigenvalue weighted by atomic mass is 16.3. The lowest BCUT2D eigenvalue weighted by Gasteiger charge is -2.24. The van der Waals surface area contributed by atoms with E-state index < -0.39 is 0 Å². The van der Waals surface area contributed by atoms with Crippen LogP contribution in [-0.4, -0.2) is 35.7 Å². The molecule has 0 fully saturated rings. The van der Waals surface area contributed by atoms with Crippen LogP contribution in [0.25, 0.3) is 0 Å². The number of hydrogen-bond donors (Lipinski definition) is 1. The molecule has 0 aromatic rings. The quantitative estimate of drug-likeness (QED) is 0.657. The van der Waals surface area contributed by atoms with E-state index in [4.69, 9.17) is 5.11 Å². The zero-order valence-corrected chi connectivity index (χ0v) is 8.17. The fourth-order valence-corrected chi connectivity index (χ4v) is 1.25. The maximum Gasteiger partial charge on any atom is 0.0526 e. The first-order valence-corrected chi connectivity index (χ1v) is 4.46. The molecule has 2 nitrogen and oxygen atoms in total. The SMILES string of the molecule is CCCN(C)C(C)CC(C)O. The third-order valence-corrected chi connectivity index (χ3v) is 2.01. The molecule has 0 aliphatic heterocycles. The van der Waals surface area contributed by atoms with E-state index >= 15 is 0 Å². The summed E-state index contributed by atoms with van der Waals surface area (Å²) < 4.78 is 0. The van der Waals surface area contributed by atoms with Gasteiger partial charge in [0.05, 0.1) is 6.10 Å². The van der Waals surface area contributed by atoms with E-state index in [1.165, 1.54) is 6.42 Å². The third-order valence-electron chi connectivity index (χ3n) is 2.01. The van der Waals surface area contributed by atoms with Crippen molar-refractivity contribution in [2.45, 2.75) is 45.8 Å². The van der Waals surface area contributed by atoms with Gasteiger partial charge in [0.1, 0.15) is 0 Å². The Morgan fingerprint density at radius 3 is 2.27 bits per heavy atom. The van der Waals surface area contributed by atoms with E-state index in [0.717, 1.165) is 13.0 Å². The monoisotopic (exact) mass is 159 g/mol. The molecule has 0 spiro atoms. The van der Waals surface area contributed by atoms with E-state index in [2.05, 4.69) is 25.8 Å². The molecule has 1 N–H and O–H groups in total. The Labute approximate surface area is 70.2 Å². The largest absolute Gasteiger partial charge is 0.393 e. The van der Waals surface area contributed by atoms with E-state index in [1.807, 2.05) is 6.92 Å². The van der Waals surface area contributed by atoms with Crippen molar-refractivity contribution < 1.29 is 5.11 Å². The average molecular weight is 159 g/mol. The fraction of sp³-hybridized carbons (Fsp3) is 1.00. The maximum absolute atomic E-state index is 9.11. The fourth-order valence-electron chi connectivity index (χ4n) is 1.25. The van der Waals surface area contributed by atoms with Crippen LogP contribution in [0.1, 0.15) is 33.6 Å². The second kappa shape index (κ2) is 5.56. The van der Waals surface area contributed by atoms with Gasteiger partial charge in [-0.1, -0.05) is 6.92 Å². The summed E-state index contributed by atoms with van der Waals surface area (Å²) in [6.07, 6.45) is 1.88. The molecule has 0 aliphatic carbocycles. The molecule has 0 radical (unpaired) electrons. The first-order chi connectivity index (χ1) is 5.07. The Morgan fingerprint density at radius 2 is 1.91 bits per heavy atom. The molecule has 0 aromatic heterocycles. The molecule has 0 bridgehead atoms. The minimum atomic E-state index is -0.177. The third kappa shape index (κ3) is 5.22. The number of hydrogen-bond acceptors (Lipinski definition) is 2. The van der Waals surface area contributed by atoms with Crippen LogP contribution in [0.4, 0.5) is 0 Å². The standard InChI is InChI=1S/C9H21NO/c1-5-6-10(4)8(2)7-9(3)11/h8-9,11H,5-7H2,1-4H3. The van der Waals surface area contributed by atoms with Gasteiger partial charge in [-0.3, -0.25) is 0 Å². The summed E-state index contributed by atoms with van der Waals surface area (Å²) in [5, 5.41) is 9.11. The predicted octanol–water partition coefficient (Wildman–Crippen LogP) is 1.49. The van der Waals surface area contributed by atoms with Gasteiger partial charge in [0.15, 0.2) is 0 Å². The molecular weight excluding hydrogens is 138 g/mol. The average Bonchev–Trinajstić information content (AvgIpc) is 1.86.